The predicted molar refractivity (Wildman–Crippen MR) is 72.6 cm³/mol. The van der Waals surface area contributed by atoms with Crippen molar-refractivity contribution in [3.8, 4) is 0 Å². The molecule has 0 heterocycles. The summed E-state index contributed by atoms with van der Waals surface area (Å²) in [6.07, 6.45) is 8.57. The van der Waals surface area contributed by atoms with Gasteiger partial charge in [0, 0.05) is 0 Å². The van der Waals surface area contributed by atoms with Gasteiger partial charge in [-0.05, 0) is 50.1 Å². The Kier molecular flexibility index (Phi) is 6.41. The summed E-state index contributed by atoms with van der Waals surface area (Å²) in [5, 5.41) is 3.40. The molecule has 0 spiro atoms. The molecule has 1 aliphatic carbocycles. The van der Waals surface area contributed by atoms with Crippen molar-refractivity contribution >= 4 is 0 Å². The Morgan fingerprint density at radius 1 is 1.25 bits per heavy atom. The first kappa shape index (κ1) is 14.0. The zero-order chi connectivity index (χ0) is 12.0. The fourth-order valence-corrected chi connectivity index (χ4v) is 3.61. The highest BCUT2D eigenvalue weighted by Gasteiger charge is 2.32. The molecular weight excluding hydrogens is 194 g/mol. The fraction of sp³-hybridized carbons (Fsp3) is 1.00. The fourth-order valence-electron chi connectivity index (χ4n) is 3.61. The van der Waals surface area contributed by atoms with Crippen molar-refractivity contribution in [1.82, 2.24) is 5.32 Å². The molecule has 1 fully saturated rings. The third kappa shape index (κ3) is 3.76. The Balaban J connectivity index is 2.55. The maximum Gasteiger partial charge on any atom is -0.00208 e. The van der Waals surface area contributed by atoms with Crippen molar-refractivity contribution in [1.29, 1.82) is 0 Å². The zero-order valence-electron chi connectivity index (χ0n) is 11.8. The number of hydrogen-bond acceptors (Lipinski definition) is 1. The van der Waals surface area contributed by atoms with Crippen LogP contribution in [0.1, 0.15) is 59.3 Å². The number of nitrogens with one attached hydrogen (secondary N) is 1. The maximum absolute atomic E-state index is 3.40. The molecule has 1 aliphatic rings. The molecule has 4 atom stereocenters. The SMILES string of the molecule is CCCC(C)C1CC(CC)CCC1CNC. The Labute approximate surface area is 102 Å². The van der Waals surface area contributed by atoms with Gasteiger partial charge in [-0.15, -0.1) is 0 Å². The van der Waals surface area contributed by atoms with Crippen LogP contribution in [0.15, 0.2) is 0 Å². The Bertz CT molecular complexity index is 178. The minimum Gasteiger partial charge on any atom is -0.319 e. The summed E-state index contributed by atoms with van der Waals surface area (Å²) in [5.41, 5.74) is 0. The van der Waals surface area contributed by atoms with Crippen molar-refractivity contribution in [2.75, 3.05) is 13.6 Å². The van der Waals surface area contributed by atoms with Gasteiger partial charge in [-0.1, -0.05) is 46.5 Å². The molecule has 16 heavy (non-hydrogen) atoms. The molecule has 1 heteroatoms. The highest BCUT2D eigenvalue weighted by Crippen LogP contribution is 2.40. The van der Waals surface area contributed by atoms with Crippen LogP contribution < -0.4 is 5.32 Å². The van der Waals surface area contributed by atoms with Crippen LogP contribution in [0, 0.1) is 23.7 Å². The summed E-state index contributed by atoms with van der Waals surface area (Å²) in [6.45, 7) is 8.40. The summed E-state index contributed by atoms with van der Waals surface area (Å²) >= 11 is 0. The van der Waals surface area contributed by atoms with Gasteiger partial charge in [-0.25, -0.2) is 0 Å². The summed E-state index contributed by atoms with van der Waals surface area (Å²) in [7, 11) is 2.10. The van der Waals surface area contributed by atoms with Crippen LogP contribution in [-0.4, -0.2) is 13.6 Å². The highest BCUT2D eigenvalue weighted by molar-refractivity contribution is 4.83. The normalized spacial score (nSPS) is 32.6. The van der Waals surface area contributed by atoms with Crippen molar-refractivity contribution < 1.29 is 0 Å². The van der Waals surface area contributed by atoms with E-state index in [1.807, 2.05) is 0 Å². The first-order valence-electron chi connectivity index (χ1n) is 7.37. The monoisotopic (exact) mass is 225 g/mol. The summed E-state index contributed by atoms with van der Waals surface area (Å²) in [5.74, 6) is 3.86. The smallest absolute Gasteiger partial charge is 0.00208 e. The van der Waals surface area contributed by atoms with Crippen LogP contribution in [0.25, 0.3) is 0 Å². The Morgan fingerprint density at radius 2 is 2.00 bits per heavy atom. The molecule has 0 bridgehead atoms. The van der Waals surface area contributed by atoms with Gasteiger partial charge >= 0.3 is 0 Å². The first-order chi connectivity index (χ1) is 7.72. The van der Waals surface area contributed by atoms with Gasteiger partial charge in [0.15, 0.2) is 0 Å². The minimum absolute atomic E-state index is 0.928. The van der Waals surface area contributed by atoms with E-state index in [9.17, 15) is 0 Å². The van der Waals surface area contributed by atoms with E-state index in [-0.39, 0.29) is 0 Å². The highest BCUT2D eigenvalue weighted by atomic mass is 14.8. The second kappa shape index (κ2) is 7.32. The van der Waals surface area contributed by atoms with Crippen molar-refractivity contribution in [2.45, 2.75) is 59.3 Å². The van der Waals surface area contributed by atoms with Crippen molar-refractivity contribution in [3.63, 3.8) is 0 Å². The summed E-state index contributed by atoms with van der Waals surface area (Å²) < 4.78 is 0. The van der Waals surface area contributed by atoms with Gasteiger partial charge in [0.1, 0.15) is 0 Å². The molecule has 0 aromatic rings. The van der Waals surface area contributed by atoms with Crippen LogP contribution in [0.2, 0.25) is 0 Å². The van der Waals surface area contributed by atoms with E-state index in [0.717, 1.165) is 23.7 Å². The molecule has 0 saturated heterocycles. The lowest BCUT2D eigenvalue weighted by Gasteiger charge is -2.39. The molecule has 96 valence electrons. The zero-order valence-corrected chi connectivity index (χ0v) is 11.8. The minimum atomic E-state index is 0.928. The van der Waals surface area contributed by atoms with Crippen LogP contribution >= 0.6 is 0 Å². The lowest BCUT2D eigenvalue weighted by Crippen LogP contribution is -2.35. The third-order valence-electron chi connectivity index (χ3n) is 4.68. The molecule has 0 radical (unpaired) electrons. The Hall–Kier alpha value is -0.0400. The van der Waals surface area contributed by atoms with E-state index in [0.29, 0.717) is 0 Å². The number of rotatable bonds is 6. The van der Waals surface area contributed by atoms with Gasteiger partial charge < -0.3 is 5.32 Å². The third-order valence-corrected chi connectivity index (χ3v) is 4.68. The molecule has 0 amide bonds. The quantitative estimate of drug-likeness (QED) is 0.718. The molecule has 0 aromatic carbocycles. The Morgan fingerprint density at radius 3 is 2.56 bits per heavy atom. The van der Waals surface area contributed by atoms with E-state index in [2.05, 4.69) is 33.1 Å². The van der Waals surface area contributed by atoms with Gasteiger partial charge in [0.25, 0.3) is 0 Å². The lowest BCUT2D eigenvalue weighted by atomic mass is 9.67. The van der Waals surface area contributed by atoms with Crippen LogP contribution in [0.3, 0.4) is 0 Å². The molecule has 0 aliphatic heterocycles. The summed E-state index contributed by atoms with van der Waals surface area (Å²) in [4.78, 5) is 0. The average molecular weight is 225 g/mol. The van der Waals surface area contributed by atoms with Crippen molar-refractivity contribution in [3.05, 3.63) is 0 Å². The molecule has 1 saturated carbocycles. The maximum atomic E-state index is 3.40. The van der Waals surface area contributed by atoms with E-state index in [1.165, 1.54) is 45.1 Å². The van der Waals surface area contributed by atoms with Crippen molar-refractivity contribution in [2.24, 2.45) is 23.7 Å². The molecule has 0 aromatic heterocycles. The second-order valence-corrected chi connectivity index (χ2v) is 5.83. The van der Waals surface area contributed by atoms with Crippen LogP contribution in [0.5, 0.6) is 0 Å². The molecule has 1 nitrogen and oxygen atoms in total. The summed E-state index contributed by atoms with van der Waals surface area (Å²) in [6, 6.07) is 0. The van der Waals surface area contributed by atoms with Crippen LogP contribution in [-0.2, 0) is 0 Å². The van der Waals surface area contributed by atoms with E-state index < -0.39 is 0 Å². The predicted octanol–water partition coefficient (Wildman–Crippen LogP) is 4.08. The van der Waals surface area contributed by atoms with E-state index in [1.54, 1.807) is 0 Å². The van der Waals surface area contributed by atoms with Crippen LogP contribution in [0.4, 0.5) is 0 Å². The van der Waals surface area contributed by atoms with Gasteiger partial charge in [0.05, 0.1) is 0 Å². The molecule has 1 N–H and O–H groups in total. The molecular formula is C15H31N. The van der Waals surface area contributed by atoms with Gasteiger partial charge in [-0.3, -0.25) is 0 Å². The van der Waals surface area contributed by atoms with E-state index in [4.69, 9.17) is 0 Å². The number of hydrogen-bond donors (Lipinski definition) is 1. The largest absolute Gasteiger partial charge is 0.319 e. The average Bonchev–Trinajstić information content (AvgIpc) is 2.30. The molecule has 4 unspecified atom stereocenters. The lowest BCUT2D eigenvalue weighted by molar-refractivity contribution is 0.120. The second-order valence-electron chi connectivity index (χ2n) is 5.83. The van der Waals surface area contributed by atoms with Gasteiger partial charge in [-0.2, -0.15) is 0 Å². The molecule has 1 rings (SSSR count). The van der Waals surface area contributed by atoms with E-state index >= 15 is 0 Å². The topological polar surface area (TPSA) is 12.0 Å². The van der Waals surface area contributed by atoms with Gasteiger partial charge in [0.2, 0.25) is 0 Å². The standard InChI is InChI=1S/C15H31N/c1-5-7-12(3)15-10-13(6-2)8-9-14(15)11-16-4/h12-16H,5-11H2,1-4H3. The first-order valence-corrected chi connectivity index (χ1v) is 7.37.